The zero-order valence-electron chi connectivity index (χ0n) is 8.86. The Bertz CT molecular complexity index is 102. The molecule has 1 radical (unpaired) electrons. The molecule has 0 aliphatic carbocycles. The molecule has 0 saturated carbocycles. The maximum Gasteiger partial charge on any atom is 0.0776 e. The standard InChI is InChI=1S/C10H23OSi/c1-5-6-7-8-9-12(3,4)10-11-2/h2,5-10H2,1,3-4H3. The van der Waals surface area contributed by atoms with Gasteiger partial charge in [0.05, 0.1) is 15.2 Å². The van der Waals surface area contributed by atoms with E-state index in [1.165, 1.54) is 31.7 Å². The lowest BCUT2D eigenvalue weighted by atomic mass is 10.2. The summed E-state index contributed by atoms with van der Waals surface area (Å²) in [5, 5.41) is 0. The van der Waals surface area contributed by atoms with Gasteiger partial charge in [-0.15, -0.1) is 0 Å². The van der Waals surface area contributed by atoms with Crippen LogP contribution in [0.3, 0.4) is 0 Å². The van der Waals surface area contributed by atoms with E-state index in [0.717, 1.165) is 6.23 Å². The summed E-state index contributed by atoms with van der Waals surface area (Å²) >= 11 is 0. The van der Waals surface area contributed by atoms with E-state index in [2.05, 4.69) is 27.1 Å². The van der Waals surface area contributed by atoms with Crippen LogP contribution in [0.15, 0.2) is 0 Å². The van der Waals surface area contributed by atoms with Gasteiger partial charge < -0.3 is 4.74 Å². The Morgan fingerprint density at radius 3 is 2.33 bits per heavy atom. The van der Waals surface area contributed by atoms with E-state index in [9.17, 15) is 0 Å². The predicted molar refractivity (Wildman–Crippen MR) is 57.7 cm³/mol. The third-order valence-corrected chi connectivity index (χ3v) is 4.89. The van der Waals surface area contributed by atoms with Crippen LogP contribution < -0.4 is 0 Å². The van der Waals surface area contributed by atoms with Gasteiger partial charge in [-0.05, 0) is 0 Å². The molecule has 0 amide bonds. The normalized spacial score (nSPS) is 12.0. The zero-order chi connectivity index (χ0) is 9.45. The number of hydrogen-bond donors (Lipinski definition) is 0. The second-order valence-corrected chi connectivity index (χ2v) is 9.44. The molecule has 0 aliphatic heterocycles. The van der Waals surface area contributed by atoms with Gasteiger partial charge in [0.2, 0.25) is 0 Å². The van der Waals surface area contributed by atoms with Crippen LogP contribution in [0, 0.1) is 7.11 Å². The molecule has 0 rings (SSSR count). The molecule has 0 atom stereocenters. The molecule has 73 valence electrons. The Kier molecular flexibility index (Phi) is 6.77. The Labute approximate surface area is 78.5 Å². The van der Waals surface area contributed by atoms with Gasteiger partial charge in [0.15, 0.2) is 0 Å². The SMILES string of the molecule is [CH2]OC[Si](C)(C)CCCCCC. The Morgan fingerprint density at radius 2 is 1.83 bits per heavy atom. The van der Waals surface area contributed by atoms with E-state index < -0.39 is 8.07 Å². The molecular formula is C10H23OSi. The first kappa shape index (κ1) is 12.2. The van der Waals surface area contributed by atoms with Gasteiger partial charge in [0.25, 0.3) is 0 Å². The first-order valence-electron chi connectivity index (χ1n) is 4.99. The highest BCUT2D eigenvalue weighted by molar-refractivity contribution is 6.77. The summed E-state index contributed by atoms with van der Waals surface area (Å²) in [5.41, 5.74) is 0. The largest absolute Gasteiger partial charge is 0.382 e. The van der Waals surface area contributed by atoms with Gasteiger partial charge in [-0.3, -0.25) is 0 Å². The van der Waals surface area contributed by atoms with Crippen molar-refractivity contribution >= 4 is 8.07 Å². The third-order valence-electron chi connectivity index (χ3n) is 2.20. The highest BCUT2D eigenvalue weighted by Gasteiger charge is 2.19. The van der Waals surface area contributed by atoms with Crippen LogP contribution in [-0.4, -0.2) is 14.3 Å². The van der Waals surface area contributed by atoms with Gasteiger partial charge in [0.1, 0.15) is 0 Å². The minimum absolute atomic E-state index is 0.916. The van der Waals surface area contributed by atoms with E-state index >= 15 is 0 Å². The average Bonchev–Trinajstić information content (AvgIpc) is 1.98. The van der Waals surface area contributed by atoms with Crippen molar-refractivity contribution in [2.45, 2.75) is 51.7 Å². The van der Waals surface area contributed by atoms with Crippen LogP contribution in [0.2, 0.25) is 19.1 Å². The first-order chi connectivity index (χ1) is 5.62. The van der Waals surface area contributed by atoms with Crippen LogP contribution in [0.5, 0.6) is 0 Å². The van der Waals surface area contributed by atoms with Crippen molar-refractivity contribution < 1.29 is 4.74 Å². The smallest absolute Gasteiger partial charge is 0.0776 e. The van der Waals surface area contributed by atoms with Crippen molar-refractivity contribution in [1.82, 2.24) is 0 Å². The zero-order valence-corrected chi connectivity index (χ0v) is 9.86. The van der Waals surface area contributed by atoms with Crippen LogP contribution in [-0.2, 0) is 4.74 Å². The molecule has 1 nitrogen and oxygen atoms in total. The molecule has 0 bridgehead atoms. The highest BCUT2D eigenvalue weighted by Crippen LogP contribution is 2.15. The van der Waals surface area contributed by atoms with Crippen molar-refractivity contribution in [3.8, 4) is 0 Å². The van der Waals surface area contributed by atoms with Crippen LogP contribution in [0.4, 0.5) is 0 Å². The molecule has 2 heteroatoms. The Morgan fingerprint density at radius 1 is 1.17 bits per heavy atom. The van der Waals surface area contributed by atoms with E-state index in [4.69, 9.17) is 4.74 Å². The van der Waals surface area contributed by atoms with Gasteiger partial charge in [-0.1, -0.05) is 51.7 Å². The molecular weight excluding hydrogens is 164 g/mol. The molecule has 0 saturated heterocycles. The molecule has 0 unspecified atom stereocenters. The summed E-state index contributed by atoms with van der Waals surface area (Å²) in [4.78, 5) is 0. The molecule has 0 N–H and O–H groups in total. The van der Waals surface area contributed by atoms with E-state index in [1.54, 1.807) is 0 Å². The van der Waals surface area contributed by atoms with Gasteiger partial charge in [-0.2, -0.15) is 0 Å². The lowest BCUT2D eigenvalue weighted by Gasteiger charge is -2.20. The monoisotopic (exact) mass is 187 g/mol. The summed E-state index contributed by atoms with van der Waals surface area (Å²) in [6.07, 6.45) is 6.41. The average molecular weight is 187 g/mol. The second kappa shape index (κ2) is 6.67. The van der Waals surface area contributed by atoms with Crippen molar-refractivity contribution in [3.05, 3.63) is 7.11 Å². The lowest BCUT2D eigenvalue weighted by molar-refractivity contribution is 0.294. The van der Waals surface area contributed by atoms with Crippen molar-refractivity contribution in [1.29, 1.82) is 0 Å². The van der Waals surface area contributed by atoms with Crippen LogP contribution >= 0.6 is 0 Å². The van der Waals surface area contributed by atoms with Crippen molar-refractivity contribution in [3.63, 3.8) is 0 Å². The summed E-state index contributed by atoms with van der Waals surface area (Å²) in [6, 6.07) is 1.39. The summed E-state index contributed by atoms with van der Waals surface area (Å²) < 4.78 is 4.98. The maximum atomic E-state index is 4.98. The van der Waals surface area contributed by atoms with E-state index in [-0.39, 0.29) is 0 Å². The molecule has 0 aromatic heterocycles. The molecule has 0 fully saturated rings. The molecule has 0 aliphatic rings. The number of unbranched alkanes of at least 4 members (excludes halogenated alkanes) is 3. The van der Waals surface area contributed by atoms with Gasteiger partial charge in [0, 0.05) is 6.23 Å². The predicted octanol–water partition coefficient (Wildman–Crippen LogP) is 3.62. The quantitative estimate of drug-likeness (QED) is 0.437. The first-order valence-corrected chi connectivity index (χ1v) is 8.41. The van der Waals surface area contributed by atoms with E-state index in [0.29, 0.717) is 0 Å². The van der Waals surface area contributed by atoms with Gasteiger partial charge in [-0.25, -0.2) is 0 Å². The third kappa shape index (κ3) is 6.86. The number of hydrogen-bond acceptors (Lipinski definition) is 1. The fraction of sp³-hybridized carbons (Fsp3) is 0.900. The van der Waals surface area contributed by atoms with Crippen LogP contribution in [0.25, 0.3) is 0 Å². The highest BCUT2D eigenvalue weighted by atomic mass is 28.3. The fourth-order valence-corrected chi connectivity index (χ4v) is 3.28. The summed E-state index contributed by atoms with van der Waals surface area (Å²) in [6.45, 7) is 7.01. The molecule has 12 heavy (non-hydrogen) atoms. The van der Waals surface area contributed by atoms with E-state index in [1.807, 2.05) is 0 Å². The van der Waals surface area contributed by atoms with Crippen LogP contribution in [0.1, 0.15) is 32.6 Å². The minimum Gasteiger partial charge on any atom is -0.382 e. The fourth-order valence-electron chi connectivity index (χ4n) is 1.38. The Balaban J connectivity index is 3.33. The summed E-state index contributed by atoms with van der Waals surface area (Å²) in [5.74, 6) is 0. The minimum atomic E-state index is -1.04. The topological polar surface area (TPSA) is 9.23 Å². The molecule has 0 heterocycles. The Hall–Kier alpha value is 0.177. The maximum absolute atomic E-state index is 4.98. The summed E-state index contributed by atoms with van der Waals surface area (Å²) in [7, 11) is 2.41. The van der Waals surface area contributed by atoms with Gasteiger partial charge >= 0.3 is 0 Å². The number of rotatable bonds is 7. The molecule has 0 spiro atoms. The van der Waals surface area contributed by atoms with Crippen molar-refractivity contribution in [2.75, 3.05) is 6.23 Å². The molecule has 0 aromatic rings. The van der Waals surface area contributed by atoms with Crippen molar-refractivity contribution in [2.24, 2.45) is 0 Å². The molecule has 0 aromatic carbocycles. The number of ether oxygens (including phenoxy) is 1. The second-order valence-electron chi connectivity index (χ2n) is 4.32. The lowest BCUT2D eigenvalue weighted by Crippen LogP contribution is -2.31.